The Morgan fingerprint density at radius 2 is 1.82 bits per heavy atom. The summed E-state index contributed by atoms with van der Waals surface area (Å²) in [5, 5.41) is 3.83. The van der Waals surface area contributed by atoms with Crippen LogP contribution in [-0.2, 0) is 5.41 Å². The van der Waals surface area contributed by atoms with Crippen LogP contribution in [0.2, 0.25) is 0 Å². The molecule has 0 aliphatic heterocycles. The molecule has 5 heteroatoms. The molecule has 0 amide bonds. The van der Waals surface area contributed by atoms with Crippen molar-refractivity contribution in [3.05, 3.63) is 52.8 Å². The first-order valence-corrected chi connectivity index (χ1v) is 7.11. The molecule has 2 rings (SSSR count). The van der Waals surface area contributed by atoms with Gasteiger partial charge in [0.25, 0.3) is 0 Å². The number of benzene rings is 1. The molecule has 0 bridgehead atoms. The van der Waals surface area contributed by atoms with Gasteiger partial charge in [0, 0.05) is 12.4 Å². The first-order chi connectivity index (χ1) is 10.0. The van der Waals surface area contributed by atoms with Crippen molar-refractivity contribution < 1.29 is 13.2 Å². The first-order valence-electron chi connectivity index (χ1n) is 7.11. The third-order valence-corrected chi connectivity index (χ3v) is 3.56. The van der Waals surface area contributed by atoms with Crippen LogP contribution in [-0.4, -0.2) is 16.0 Å². The fraction of sp³-hybridized carbons (Fsp3) is 0.471. The Kier molecular flexibility index (Phi) is 4.11. The summed E-state index contributed by atoms with van der Waals surface area (Å²) in [5.41, 5.74) is 1.96. The van der Waals surface area contributed by atoms with Crippen LogP contribution in [0, 0.1) is 19.9 Å². The predicted molar refractivity (Wildman–Crippen MR) is 79.9 cm³/mol. The molecule has 0 N–H and O–H groups in total. The van der Waals surface area contributed by atoms with E-state index in [-0.39, 0.29) is 5.56 Å². The van der Waals surface area contributed by atoms with E-state index in [9.17, 15) is 13.2 Å². The second-order valence-corrected chi connectivity index (χ2v) is 6.59. The molecule has 1 aromatic carbocycles. The molecule has 1 aromatic heterocycles. The van der Waals surface area contributed by atoms with Gasteiger partial charge in [-0.05, 0) is 53.6 Å². The number of aryl methyl sites for hydroxylation is 2. The summed E-state index contributed by atoms with van der Waals surface area (Å²) in [5.74, 6) is 0. The number of alkyl halides is 3. The van der Waals surface area contributed by atoms with E-state index in [2.05, 4.69) is 11.2 Å². The zero-order chi connectivity index (χ0) is 16.7. The lowest BCUT2D eigenvalue weighted by atomic mass is 9.78. The molecule has 0 spiro atoms. The Bertz CT molecular complexity index is 650. The monoisotopic (exact) mass is 309 g/mol. The molecule has 1 atom stereocenters. The fourth-order valence-electron chi connectivity index (χ4n) is 3.03. The maximum absolute atomic E-state index is 13.7. The zero-order valence-corrected chi connectivity index (χ0v) is 13.4. The molecule has 22 heavy (non-hydrogen) atoms. The molecule has 0 saturated heterocycles. The standard InChI is InChI=1S/C17H20F3N2/c1-11-9-12(2)14(16(3,4)5)13(10-11)15(17(18,19)20)22-8-6-7-21-22/h6-8,10,15H,1-5H3. The average molecular weight is 309 g/mol. The highest BCUT2D eigenvalue weighted by Crippen LogP contribution is 2.41. The lowest BCUT2D eigenvalue weighted by Crippen LogP contribution is -2.31. The van der Waals surface area contributed by atoms with Gasteiger partial charge < -0.3 is 0 Å². The zero-order valence-electron chi connectivity index (χ0n) is 13.4. The Hall–Kier alpha value is -1.78. The van der Waals surface area contributed by atoms with Gasteiger partial charge in [-0.2, -0.15) is 18.3 Å². The first kappa shape index (κ1) is 16.6. The number of rotatable bonds is 2. The van der Waals surface area contributed by atoms with Gasteiger partial charge in [-0.1, -0.05) is 26.8 Å². The SMILES string of the molecule is Cc1[c]c(C)c(C(C)(C)C)c(C(n2cccn2)C(F)(F)F)c1. The summed E-state index contributed by atoms with van der Waals surface area (Å²) in [6.45, 7) is 9.32. The predicted octanol–water partition coefficient (Wildman–Crippen LogP) is 4.75. The van der Waals surface area contributed by atoms with Crippen LogP contribution in [0.4, 0.5) is 13.2 Å². The highest BCUT2D eigenvalue weighted by Gasteiger charge is 2.45. The van der Waals surface area contributed by atoms with E-state index in [1.165, 1.54) is 18.5 Å². The molecule has 119 valence electrons. The second-order valence-electron chi connectivity index (χ2n) is 6.59. The van der Waals surface area contributed by atoms with Crippen LogP contribution in [0.1, 0.15) is 49.1 Å². The lowest BCUT2D eigenvalue weighted by molar-refractivity contribution is -0.159. The largest absolute Gasteiger partial charge is 0.415 e. The number of aromatic nitrogens is 2. The molecule has 1 heterocycles. The number of halogens is 3. The molecule has 0 fully saturated rings. The van der Waals surface area contributed by atoms with Gasteiger partial charge in [0.05, 0.1) is 0 Å². The molecule has 0 saturated carbocycles. The lowest BCUT2D eigenvalue weighted by Gasteiger charge is -2.31. The summed E-state index contributed by atoms with van der Waals surface area (Å²) in [7, 11) is 0. The summed E-state index contributed by atoms with van der Waals surface area (Å²) < 4.78 is 42.2. The molecular weight excluding hydrogens is 289 g/mol. The highest BCUT2D eigenvalue weighted by atomic mass is 19.4. The van der Waals surface area contributed by atoms with E-state index in [0.717, 1.165) is 10.2 Å². The Balaban J connectivity index is 2.77. The molecular formula is C17H20F3N2. The van der Waals surface area contributed by atoms with Gasteiger partial charge in [0.2, 0.25) is 0 Å². The van der Waals surface area contributed by atoms with Crippen LogP contribution in [0.25, 0.3) is 0 Å². The van der Waals surface area contributed by atoms with E-state index in [4.69, 9.17) is 0 Å². The minimum Gasteiger partial charge on any atom is -0.256 e. The van der Waals surface area contributed by atoms with E-state index in [0.29, 0.717) is 11.1 Å². The van der Waals surface area contributed by atoms with E-state index < -0.39 is 17.6 Å². The normalized spacial score (nSPS) is 14.2. The smallest absolute Gasteiger partial charge is 0.256 e. The van der Waals surface area contributed by atoms with Crippen molar-refractivity contribution in [2.75, 3.05) is 0 Å². The van der Waals surface area contributed by atoms with Crippen LogP contribution < -0.4 is 0 Å². The quantitative estimate of drug-likeness (QED) is 0.783. The Morgan fingerprint density at radius 3 is 2.27 bits per heavy atom. The highest BCUT2D eigenvalue weighted by molar-refractivity contribution is 5.44. The Morgan fingerprint density at radius 1 is 1.18 bits per heavy atom. The minimum absolute atomic E-state index is 0.248. The topological polar surface area (TPSA) is 17.8 Å². The molecule has 0 aliphatic rings. The van der Waals surface area contributed by atoms with Gasteiger partial charge in [0.1, 0.15) is 0 Å². The molecule has 1 unspecified atom stereocenters. The molecule has 2 nitrogen and oxygen atoms in total. The van der Waals surface area contributed by atoms with Gasteiger partial charge in [-0.15, -0.1) is 0 Å². The van der Waals surface area contributed by atoms with E-state index >= 15 is 0 Å². The van der Waals surface area contributed by atoms with Crippen molar-refractivity contribution in [3.63, 3.8) is 0 Å². The van der Waals surface area contributed by atoms with Crippen molar-refractivity contribution in [2.24, 2.45) is 0 Å². The van der Waals surface area contributed by atoms with Crippen LogP contribution >= 0.6 is 0 Å². The van der Waals surface area contributed by atoms with Gasteiger partial charge in [0.15, 0.2) is 6.04 Å². The van der Waals surface area contributed by atoms with Gasteiger partial charge in [-0.3, -0.25) is 4.68 Å². The maximum atomic E-state index is 13.7. The van der Waals surface area contributed by atoms with Crippen molar-refractivity contribution in [2.45, 2.75) is 52.3 Å². The minimum atomic E-state index is -4.42. The molecule has 1 radical (unpaired) electrons. The maximum Gasteiger partial charge on any atom is 0.415 e. The summed E-state index contributed by atoms with van der Waals surface area (Å²) >= 11 is 0. The summed E-state index contributed by atoms with van der Waals surface area (Å²) in [6, 6.07) is 4.43. The third kappa shape index (κ3) is 3.18. The number of hydrogen-bond acceptors (Lipinski definition) is 1. The van der Waals surface area contributed by atoms with Gasteiger partial charge >= 0.3 is 6.18 Å². The van der Waals surface area contributed by atoms with Crippen LogP contribution in [0.5, 0.6) is 0 Å². The van der Waals surface area contributed by atoms with E-state index in [1.807, 2.05) is 27.7 Å². The third-order valence-electron chi connectivity index (χ3n) is 3.56. The summed E-state index contributed by atoms with van der Waals surface area (Å²) in [6.07, 6.45) is -1.71. The van der Waals surface area contributed by atoms with Crippen LogP contribution in [0.3, 0.4) is 0 Å². The molecule has 0 aliphatic carbocycles. The average Bonchev–Trinajstić information content (AvgIpc) is 2.77. The summed E-state index contributed by atoms with van der Waals surface area (Å²) in [4.78, 5) is 0. The van der Waals surface area contributed by atoms with Gasteiger partial charge in [-0.25, -0.2) is 0 Å². The van der Waals surface area contributed by atoms with Crippen molar-refractivity contribution in [1.82, 2.24) is 9.78 Å². The number of hydrogen-bond donors (Lipinski definition) is 0. The molecule has 2 aromatic rings. The van der Waals surface area contributed by atoms with Crippen molar-refractivity contribution >= 4 is 0 Å². The van der Waals surface area contributed by atoms with Crippen molar-refractivity contribution in [1.29, 1.82) is 0 Å². The fourth-order valence-corrected chi connectivity index (χ4v) is 3.03. The number of nitrogens with zero attached hydrogens (tertiary/aromatic N) is 2. The van der Waals surface area contributed by atoms with Crippen LogP contribution in [0.15, 0.2) is 24.5 Å². The van der Waals surface area contributed by atoms with E-state index in [1.54, 1.807) is 13.0 Å². The second kappa shape index (κ2) is 5.45. The Labute approximate surface area is 129 Å². The van der Waals surface area contributed by atoms with Crippen molar-refractivity contribution in [3.8, 4) is 0 Å².